The fourth-order valence-corrected chi connectivity index (χ4v) is 3.59. The Morgan fingerprint density at radius 3 is 2.61 bits per heavy atom. The number of rotatable bonds is 4. The molecule has 0 saturated heterocycles. The van der Waals surface area contributed by atoms with Gasteiger partial charge >= 0.3 is 0 Å². The molecular weight excluding hydrogens is 372 g/mol. The van der Waals surface area contributed by atoms with Crippen molar-refractivity contribution in [2.24, 2.45) is 0 Å². The topological polar surface area (TPSA) is 72.9 Å². The van der Waals surface area contributed by atoms with Crippen LogP contribution in [0.25, 0.3) is 16.5 Å². The monoisotopic (exact) mass is 390 g/mol. The summed E-state index contributed by atoms with van der Waals surface area (Å²) in [5, 5.41) is 5.08. The number of benzene rings is 2. The molecule has 0 fully saturated rings. The molecule has 4 rings (SSSR count). The van der Waals surface area contributed by atoms with E-state index in [-0.39, 0.29) is 11.6 Å². The molecule has 0 unspecified atom stereocenters. The van der Waals surface area contributed by atoms with Crippen molar-refractivity contribution in [3.05, 3.63) is 94.0 Å². The summed E-state index contributed by atoms with van der Waals surface area (Å²) in [6, 6.07) is 20.3. The smallest absolute Gasteiger partial charge is 0.264 e. The van der Waals surface area contributed by atoms with Gasteiger partial charge in [-0.2, -0.15) is 0 Å². The van der Waals surface area contributed by atoms with Gasteiger partial charge in [0.1, 0.15) is 5.82 Å². The van der Waals surface area contributed by atoms with Gasteiger partial charge in [-0.05, 0) is 42.6 Å². The number of anilines is 2. The molecule has 5 nitrogen and oxygen atoms in total. The van der Waals surface area contributed by atoms with E-state index in [1.165, 1.54) is 0 Å². The van der Waals surface area contributed by atoms with Crippen LogP contribution in [0, 0.1) is 0 Å². The van der Waals surface area contributed by atoms with Crippen LogP contribution >= 0.6 is 11.6 Å². The van der Waals surface area contributed by atoms with E-state index in [0.717, 1.165) is 16.8 Å². The van der Waals surface area contributed by atoms with Crippen LogP contribution in [0.3, 0.4) is 0 Å². The van der Waals surface area contributed by atoms with Crippen LogP contribution < -0.4 is 16.6 Å². The number of halogens is 1. The number of nitrogens with zero attached hydrogens (tertiary/aromatic N) is 2. The molecule has 2 aromatic carbocycles. The van der Waals surface area contributed by atoms with Crippen molar-refractivity contribution >= 4 is 33.9 Å². The van der Waals surface area contributed by atoms with Crippen molar-refractivity contribution in [3.8, 4) is 5.69 Å². The average molecular weight is 391 g/mol. The lowest BCUT2D eigenvalue weighted by molar-refractivity contribution is 0.773. The summed E-state index contributed by atoms with van der Waals surface area (Å²) in [6.07, 6.45) is 1.65. The first-order chi connectivity index (χ1) is 13.5. The van der Waals surface area contributed by atoms with Crippen LogP contribution in [0.4, 0.5) is 11.5 Å². The summed E-state index contributed by atoms with van der Waals surface area (Å²) in [7, 11) is 0. The summed E-state index contributed by atoms with van der Waals surface area (Å²) >= 11 is 6.35. The molecule has 2 heterocycles. The highest BCUT2D eigenvalue weighted by Gasteiger charge is 2.18. The molecule has 0 aliphatic heterocycles. The van der Waals surface area contributed by atoms with Gasteiger partial charge in [0, 0.05) is 29.3 Å². The number of hydrogen-bond donors (Lipinski definition) is 2. The second kappa shape index (κ2) is 7.37. The van der Waals surface area contributed by atoms with Crippen molar-refractivity contribution < 1.29 is 0 Å². The largest absolute Gasteiger partial charge is 0.399 e. The predicted molar refractivity (Wildman–Crippen MR) is 115 cm³/mol. The van der Waals surface area contributed by atoms with Gasteiger partial charge in [-0.3, -0.25) is 9.36 Å². The first kappa shape index (κ1) is 18.1. The second-order valence-corrected chi connectivity index (χ2v) is 7.00. The number of pyridine rings is 2. The lowest BCUT2D eigenvalue weighted by Gasteiger charge is -2.21. The first-order valence-electron chi connectivity index (χ1n) is 8.92. The summed E-state index contributed by atoms with van der Waals surface area (Å²) < 4.78 is 1.69. The van der Waals surface area contributed by atoms with E-state index in [4.69, 9.17) is 17.3 Å². The van der Waals surface area contributed by atoms with Crippen molar-refractivity contribution in [1.82, 2.24) is 9.55 Å². The zero-order chi connectivity index (χ0) is 19.7. The van der Waals surface area contributed by atoms with Crippen LogP contribution in [0.1, 0.15) is 18.7 Å². The molecule has 0 bridgehead atoms. The Morgan fingerprint density at radius 1 is 1.07 bits per heavy atom. The van der Waals surface area contributed by atoms with E-state index in [0.29, 0.717) is 21.9 Å². The van der Waals surface area contributed by atoms with E-state index in [2.05, 4.69) is 10.3 Å². The molecule has 140 valence electrons. The first-order valence-corrected chi connectivity index (χ1v) is 9.30. The number of para-hydroxylation sites is 1. The molecule has 4 aromatic rings. The van der Waals surface area contributed by atoms with Crippen LogP contribution in [-0.2, 0) is 0 Å². The van der Waals surface area contributed by atoms with Gasteiger partial charge in [0.15, 0.2) is 0 Å². The Balaban J connectivity index is 1.92. The number of nitrogens with two attached hydrogens (primary N) is 1. The van der Waals surface area contributed by atoms with Crippen LogP contribution in [0.5, 0.6) is 0 Å². The summed E-state index contributed by atoms with van der Waals surface area (Å²) in [5.41, 5.74) is 7.90. The highest BCUT2D eigenvalue weighted by Crippen LogP contribution is 2.27. The molecular formula is C22H19ClN4O. The molecule has 0 spiro atoms. The second-order valence-electron chi connectivity index (χ2n) is 6.59. The van der Waals surface area contributed by atoms with Gasteiger partial charge in [0.2, 0.25) is 0 Å². The maximum atomic E-state index is 13.4. The standard InChI is InChI=1S/C22H19ClN4O/c1-14(26-20-13-16(24)10-11-25-20)19-12-15-6-5-9-18(23)21(15)22(28)27(19)17-7-3-2-4-8-17/h2-14H,1H3,(H3,24,25,26)/t14-/m0/s1. The molecule has 28 heavy (non-hydrogen) atoms. The molecule has 0 aliphatic carbocycles. The maximum Gasteiger partial charge on any atom is 0.264 e. The van der Waals surface area contributed by atoms with Crippen LogP contribution in [0.2, 0.25) is 5.02 Å². The van der Waals surface area contributed by atoms with E-state index in [1.54, 1.807) is 29.0 Å². The van der Waals surface area contributed by atoms with Gasteiger partial charge in [0.05, 0.1) is 16.5 Å². The number of nitrogens with one attached hydrogen (secondary N) is 1. The van der Waals surface area contributed by atoms with Crippen LogP contribution in [0.15, 0.2) is 77.7 Å². The fourth-order valence-electron chi connectivity index (χ4n) is 3.32. The van der Waals surface area contributed by atoms with Gasteiger partial charge in [-0.1, -0.05) is 41.9 Å². The maximum absolute atomic E-state index is 13.4. The van der Waals surface area contributed by atoms with E-state index in [1.807, 2.05) is 55.5 Å². The number of aromatic nitrogens is 2. The Kier molecular flexibility index (Phi) is 4.75. The zero-order valence-corrected chi connectivity index (χ0v) is 16.0. The van der Waals surface area contributed by atoms with Gasteiger partial charge in [-0.15, -0.1) is 0 Å². The molecule has 1 atom stereocenters. The minimum atomic E-state index is -0.203. The summed E-state index contributed by atoms with van der Waals surface area (Å²) in [5.74, 6) is 0.644. The van der Waals surface area contributed by atoms with Gasteiger partial charge < -0.3 is 11.1 Å². The molecule has 0 saturated carbocycles. The van der Waals surface area contributed by atoms with Gasteiger partial charge in [-0.25, -0.2) is 4.98 Å². The highest BCUT2D eigenvalue weighted by atomic mass is 35.5. The molecule has 0 amide bonds. The zero-order valence-electron chi connectivity index (χ0n) is 15.3. The summed E-state index contributed by atoms with van der Waals surface area (Å²) in [4.78, 5) is 17.7. The van der Waals surface area contributed by atoms with Crippen LogP contribution in [-0.4, -0.2) is 9.55 Å². The van der Waals surface area contributed by atoms with Crippen molar-refractivity contribution in [2.75, 3.05) is 11.1 Å². The molecule has 0 radical (unpaired) electrons. The average Bonchev–Trinajstić information content (AvgIpc) is 2.68. The van der Waals surface area contributed by atoms with E-state index < -0.39 is 0 Å². The minimum absolute atomic E-state index is 0.154. The molecule has 3 N–H and O–H groups in total. The Morgan fingerprint density at radius 2 is 1.86 bits per heavy atom. The lowest BCUT2D eigenvalue weighted by atomic mass is 10.1. The quantitative estimate of drug-likeness (QED) is 0.525. The van der Waals surface area contributed by atoms with Gasteiger partial charge in [0.25, 0.3) is 5.56 Å². The SMILES string of the molecule is C[C@H](Nc1cc(N)ccn1)c1cc2cccc(Cl)c2c(=O)n1-c1ccccc1. The fraction of sp³-hybridized carbons (Fsp3) is 0.0909. The predicted octanol–water partition coefficient (Wildman–Crippen LogP) is 4.79. The van der Waals surface area contributed by atoms with E-state index in [9.17, 15) is 4.79 Å². The molecule has 0 aliphatic rings. The highest BCUT2D eigenvalue weighted by molar-refractivity contribution is 6.35. The minimum Gasteiger partial charge on any atom is -0.399 e. The Labute approximate surface area is 167 Å². The Hall–Kier alpha value is -3.31. The number of hydrogen-bond acceptors (Lipinski definition) is 4. The lowest BCUT2D eigenvalue weighted by Crippen LogP contribution is -2.25. The van der Waals surface area contributed by atoms with E-state index >= 15 is 0 Å². The normalized spacial score (nSPS) is 12.1. The molecule has 2 aromatic heterocycles. The third kappa shape index (κ3) is 3.32. The third-order valence-corrected chi connectivity index (χ3v) is 4.95. The summed E-state index contributed by atoms with van der Waals surface area (Å²) in [6.45, 7) is 1.98. The van der Waals surface area contributed by atoms with Crippen molar-refractivity contribution in [1.29, 1.82) is 0 Å². The van der Waals surface area contributed by atoms with Crippen molar-refractivity contribution in [2.45, 2.75) is 13.0 Å². The third-order valence-electron chi connectivity index (χ3n) is 4.63. The Bertz CT molecular complexity index is 1200. The molecule has 6 heteroatoms. The van der Waals surface area contributed by atoms with Crippen molar-refractivity contribution in [3.63, 3.8) is 0 Å². The number of nitrogen functional groups attached to an aromatic ring is 1. The number of fused-ring (bicyclic) bond motifs is 1.